The molecular formula is C23H22N4O2. The lowest BCUT2D eigenvalue weighted by atomic mass is 10.2. The fourth-order valence-electron chi connectivity index (χ4n) is 3.87. The van der Waals surface area contributed by atoms with E-state index in [9.17, 15) is 4.79 Å². The van der Waals surface area contributed by atoms with E-state index in [1.54, 1.807) is 12.4 Å². The predicted octanol–water partition coefficient (Wildman–Crippen LogP) is 3.61. The predicted molar refractivity (Wildman–Crippen MR) is 110 cm³/mol. The summed E-state index contributed by atoms with van der Waals surface area (Å²) in [6.45, 7) is 2.33. The lowest BCUT2D eigenvalue weighted by molar-refractivity contribution is 0.0104. The number of H-pyrrole nitrogens is 1. The van der Waals surface area contributed by atoms with E-state index in [0.717, 1.165) is 28.7 Å². The fraction of sp³-hybridized carbons (Fsp3) is 0.217. The average molecular weight is 386 g/mol. The van der Waals surface area contributed by atoms with Crippen LogP contribution in [0.5, 0.6) is 0 Å². The molecule has 0 unspecified atom stereocenters. The third-order valence-electron chi connectivity index (χ3n) is 5.38. The topological polar surface area (TPSA) is 63.2 Å². The number of nitrogens with one attached hydrogen (secondary N) is 1. The van der Waals surface area contributed by atoms with E-state index >= 15 is 0 Å². The van der Waals surface area contributed by atoms with Crippen molar-refractivity contribution in [3.8, 4) is 0 Å². The summed E-state index contributed by atoms with van der Waals surface area (Å²) in [7, 11) is 0. The molecule has 1 aliphatic heterocycles. The quantitative estimate of drug-likeness (QED) is 0.583. The van der Waals surface area contributed by atoms with Gasteiger partial charge in [-0.2, -0.15) is 0 Å². The molecule has 4 heterocycles. The van der Waals surface area contributed by atoms with Gasteiger partial charge in [0.15, 0.2) is 0 Å². The van der Waals surface area contributed by atoms with E-state index in [1.807, 2.05) is 53.4 Å². The van der Waals surface area contributed by atoms with Gasteiger partial charge in [0.25, 0.3) is 5.91 Å². The van der Waals surface area contributed by atoms with Crippen LogP contribution >= 0.6 is 0 Å². The second kappa shape index (κ2) is 7.56. The molecule has 0 bridgehead atoms. The first kappa shape index (κ1) is 17.7. The second-order valence-electron chi connectivity index (χ2n) is 7.40. The van der Waals surface area contributed by atoms with Crippen molar-refractivity contribution in [3.63, 3.8) is 0 Å². The highest BCUT2D eigenvalue weighted by Gasteiger charge is 2.27. The molecule has 1 aliphatic rings. The molecule has 1 amide bonds. The summed E-state index contributed by atoms with van der Waals surface area (Å²) in [6.07, 6.45) is 5.49. The lowest BCUT2D eigenvalue weighted by Crippen LogP contribution is -2.37. The van der Waals surface area contributed by atoms with E-state index in [2.05, 4.69) is 26.8 Å². The summed E-state index contributed by atoms with van der Waals surface area (Å²) in [4.78, 5) is 22.5. The van der Waals surface area contributed by atoms with E-state index < -0.39 is 0 Å². The molecule has 0 saturated heterocycles. The second-order valence-corrected chi connectivity index (χ2v) is 7.40. The molecule has 29 heavy (non-hydrogen) atoms. The Morgan fingerprint density at radius 3 is 2.83 bits per heavy atom. The molecule has 1 aromatic carbocycles. The number of carbonyl (C=O) groups excluding carboxylic acids is 1. The monoisotopic (exact) mass is 386 g/mol. The maximum Gasteiger partial charge on any atom is 0.270 e. The molecule has 0 radical (unpaired) electrons. The first-order chi connectivity index (χ1) is 14.3. The van der Waals surface area contributed by atoms with Gasteiger partial charge in [-0.05, 0) is 42.0 Å². The standard InChI is InChI=1S/C23H22N4O2/c28-23(22-12-18-4-1-2-6-21(18)25-22)27-13-19-5-3-11-26(19)14-20(15-27)29-16-17-7-9-24-10-8-17/h1-12,20,25H,13-16H2/t20-/m1/s1. The Morgan fingerprint density at radius 2 is 1.97 bits per heavy atom. The minimum atomic E-state index is -0.0925. The van der Waals surface area contributed by atoms with Gasteiger partial charge in [-0.15, -0.1) is 0 Å². The third kappa shape index (κ3) is 3.67. The number of aromatic amines is 1. The van der Waals surface area contributed by atoms with Gasteiger partial charge in [0, 0.05) is 41.7 Å². The largest absolute Gasteiger partial charge is 0.370 e. The normalized spacial score (nSPS) is 16.6. The van der Waals surface area contributed by atoms with Crippen molar-refractivity contribution in [3.05, 3.63) is 90.1 Å². The van der Waals surface area contributed by atoms with Crippen LogP contribution in [-0.2, 0) is 24.4 Å². The molecule has 5 rings (SSSR count). The van der Waals surface area contributed by atoms with Crippen molar-refractivity contribution in [2.45, 2.75) is 25.8 Å². The van der Waals surface area contributed by atoms with Crippen molar-refractivity contribution < 1.29 is 9.53 Å². The number of para-hydroxylation sites is 1. The van der Waals surface area contributed by atoms with Crippen molar-refractivity contribution in [1.29, 1.82) is 0 Å². The summed E-state index contributed by atoms with van der Waals surface area (Å²) in [5.41, 5.74) is 3.77. The molecule has 4 aromatic rings. The maximum atomic E-state index is 13.3. The van der Waals surface area contributed by atoms with E-state index in [0.29, 0.717) is 25.4 Å². The maximum absolute atomic E-state index is 13.3. The highest BCUT2D eigenvalue weighted by atomic mass is 16.5. The molecule has 1 atom stereocenters. The minimum Gasteiger partial charge on any atom is -0.370 e. The van der Waals surface area contributed by atoms with Gasteiger partial charge < -0.3 is 19.2 Å². The number of aromatic nitrogens is 3. The van der Waals surface area contributed by atoms with Crippen molar-refractivity contribution in [2.24, 2.45) is 0 Å². The number of amides is 1. The Bertz CT molecular complexity index is 1100. The Balaban J connectivity index is 1.38. The molecule has 3 aromatic heterocycles. The third-order valence-corrected chi connectivity index (χ3v) is 5.38. The molecule has 0 saturated carbocycles. The zero-order chi connectivity index (χ0) is 19.6. The van der Waals surface area contributed by atoms with Crippen LogP contribution < -0.4 is 0 Å². The number of benzene rings is 1. The Morgan fingerprint density at radius 1 is 1.10 bits per heavy atom. The van der Waals surface area contributed by atoms with Crippen LogP contribution in [0.4, 0.5) is 0 Å². The summed E-state index contributed by atoms with van der Waals surface area (Å²) in [6, 6.07) is 17.9. The average Bonchev–Trinajstić information content (AvgIpc) is 3.34. The Hall–Kier alpha value is -3.38. The van der Waals surface area contributed by atoms with Crippen LogP contribution in [-0.4, -0.2) is 38.0 Å². The highest BCUT2D eigenvalue weighted by Crippen LogP contribution is 2.21. The van der Waals surface area contributed by atoms with Gasteiger partial charge in [-0.1, -0.05) is 18.2 Å². The number of carbonyl (C=O) groups is 1. The van der Waals surface area contributed by atoms with Gasteiger partial charge in [-0.3, -0.25) is 9.78 Å². The van der Waals surface area contributed by atoms with Gasteiger partial charge in [-0.25, -0.2) is 0 Å². The van der Waals surface area contributed by atoms with Crippen molar-refractivity contribution in [2.75, 3.05) is 6.54 Å². The lowest BCUT2D eigenvalue weighted by Gasteiger charge is -2.24. The zero-order valence-electron chi connectivity index (χ0n) is 16.0. The molecule has 1 N–H and O–H groups in total. The molecule has 0 spiro atoms. The smallest absolute Gasteiger partial charge is 0.270 e. The van der Waals surface area contributed by atoms with Crippen LogP contribution in [0.25, 0.3) is 10.9 Å². The van der Waals surface area contributed by atoms with E-state index in [4.69, 9.17) is 4.74 Å². The fourth-order valence-corrected chi connectivity index (χ4v) is 3.87. The number of nitrogens with zero attached hydrogens (tertiary/aromatic N) is 3. The summed E-state index contributed by atoms with van der Waals surface area (Å²) < 4.78 is 8.37. The SMILES string of the molecule is O=C(c1cc2ccccc2[nH]1)N1Cc2cccn2C[C@@H](OCc2ccncc2)C1. The summed E-state index contributed by atoms with van der Waals surface area (Å²) >= 11 is 0. The summed E-state index contributed by atoms with van der Waals surface area (Å²) in [5, 5.41) is 1.04. The van der Waals surface area contributed by atoms with Crippen LogP contribution in [0.1, 0.15) is 21.7 Å². The number of fused-ring (bicyclic) bond motifs is 2. The van der Waals surface area contributed by atoms with Crippen molar-refractivity contribution >= 4 is 16.8 Å². The first-order valence-corrected chi connectivity index (χ1v) is 9.78. The van der Waals surface area contributed by atoms with Crippen LogP contribution in [0, 0.1) is 0 Å². The Labute approximate surface area is 168 Å². The van der Waals surface area contributed by atoms with E-state index in [1.165, 1.54) is 0 Å². The van der Waals surface area contributed by atoms with Crippen LogP contribution in [0.3, 0.4) is 0 Å². The van der Waals surface area contributed by atoms with Crippen LogP contribution in [0.2, 0.25) is 0 Å². The Kier molecular flexibility index (Phi) is 4.62. The van der Waals surface area contributed by atoms with Crippen LogP contribution in [0.15, 0.2) is 73.2 Å². The van der Waals surface area contributed by atoms with Gasteiger partial charge in [0.05, 0.1) is 25.8 Å². The summed E-state index contributed by atoms with van der Waals surface area (Å²) in [5.74, 6) is -0.00615. The molecular weight excluding hydrogens is 364 g/mol. The number of hydrogen-bond donors (Lipinski definition) is 1. The molecule has 6 nitrogen and oxygen atoms in total. The highest BCUT2D eigenvalue weighted by molar-refractivity contribution is 5.98. The molecule has 146 valence electrons. The minimum absolute atomic E-state index is 0.00615. The number of ether oxygens (including phenoxy) is 1. The van der Waals surface area contributed by atoms with Gasteiger partial charge >= 0.3 is 0 Å². The molecule has 6 heteroatoms. The molecule has 0 fully saturated rings. The van der Waals surface area contributed by atoms with Crippen molar-refractivity contribution in [1.82, 2.24) is 19.4 Å². The number of hydrogen-bond acceptors (Lipinski definition) is 3. The van der Waals surface area contributed by atoms with Gasteiger partial charge in [0.2, 0.25) is 0 Å². The number of rotatable bonds is 4. The van der Waals surface area contributed by atoms with Gasteiger partial charge in [0.1, 0.15) is 5.69 Å². The molecule has 0 aliphatic carbocycles. The van der Waals surface area contributed by atoms with E-state index in [-0.39, 0.29) is 12.0 Å². The first-order valence-electron chi connectivity index (χ1n) is 9.78. The number of pyridine rings is 1. The zero-order valence-corrected chi connectivity index (χ0v) is 16.0.